The number of aliphatic hydroxyl groups excluding tert-OH is 2. The molecule has 2 N–H and O–H groups in total. The van der Waals surface area contributed by atoms with E-state index < -0.39 is 44.7 Å². The average Bonchev–Trinajstić information content (AvgIpc) is 3.19. The zero-order valence-corrected chi connectivity index (χ0v) is 38.7. The predicted octanol–water partition coefficient (Wildman–Crippen LogP) is 10.1. The maximum Gasteiger partial charge on any atom is 0.306 e. The van der Waals surface area contributed by atoms with Crippen molar-refractivity contribution in [3.05, 3.63) is 85.1 Å². The summed E-state index contributed by atoms with van der Waals surface area (Å²) in [5.41, 5.74) is 0. The molecule has 0 aliphatic heterocycles. The zero-order chi connectivity index (χ0) is 44.6. The van der Waals surface area contributed by atoms with Crippen molar-refractivity contribution < 1.29 is 52.3 Å². The topological polar surface area (TPSA) is 152 Å². The van der Waals surface area contributed by atoms with Gasteiger partial charge in [-0.15, -0.1) is 0 Å². The van der Waals surface area contributed by atoms with Crippen LogP contribution in [0.25, 0.3) is 0 Å². The average molecular weight is 864 g/mol. The van der Waals surface area contributed by atoms with Gasteiger partial charge in [-0.1, -0.05) is 150 Å². The number of carbonyl (C=O) groups excluding carboxylic acids is 2. The monoisotopic (exact) mass is 864 g/mol. The summed E-state index contributed by atoms with van der Waals surface area (Å²) in [6.45, 7) is 3.78. The van der Waals surface area contributed by atoms with E-state index >= 15 is 0 Å². The summed E-state index contributed by atoms with van der Waals surface area (Å²) in [5.74, 6) is -1.04. The van der Waals surface area contributed by atoms with Crippen molar-refractivity contribution in [1.29, 1.82) is 0 Å². The third-order valence-electron chi connectivity index (χ3n) is 9.07. The first kappa shape index (κ1) is 57.1. The molecule has 344 valence electrons. The van der Waals surface area contributed by atoms with E-state index in [9.17, 15) is 29.3 Å². The first-order valence-electron chi connectivity index (χ1n) is 22.5. The number of hydrogen-bond acceptors (Lipinski definition) is 10. The standard InChI is InChI=1S/C48H82NO10P/c1-6-8-10-11-12-13-14-15-16-17-18-19-23-26-32-39-48(53)59-46(43-58-60(54,55)57-41-40-49(3,4)5)42-56-47(52)38-33-27-31-37-45(51)36-30-25-22-20-21-24-29-35-44(50)34-28-9-7-2/h9,15-16,21-22,24-25,28-31,35-37,44-46,50-51H,6-8,10-14,17-20,23,26-27,32-34,38-43H2,1-5H3/b16-15-,24-21-,25-22-,28-9-,35-29+,36-30+,37-31-/t44-,45-,46-/m1/s1. The van der Waals surface area contributed by atoms with Crippen LogP contribution in [0.1, 0.15) is 142 Å². The van der Waals surface area contributed by atoms with Crippen molar-refractivity contribution in [2.24, 2.45) is 0 Å². The van der Waals surface area contributed by atoms with Crippen LogP contribution in [0.4, 0.5) is 0 Å². The highest BCUT2D eigenvalue weighted by atomic mass is 31.2. The van der Waals surface area contributed by atoms with Crippen molar-refractivity contribution in [3.8, 4) is 0 Å². The first-order valence-corrected chi connectivity index (χ1v) is 24.0. The van der Waals surface area contributed by atoms with Crippen LogP contribution in [0.2, 0.25) is 0 Å². The van der Waals surface area contributed by atoms with E-state index in [1.807, 2.05) is 63.7 Å². The van der Waals surface area contributed by atoms with Gasteiger partial charge in [-0.2, -0.15) is 0 Å². The van der Waals surface area contributed by atoms with Gasteiger partial charge in [-0.05, 0) is 64.2 Å². The number of phosphoric ester groups is 1. The number of unbranched alkanes of at least 4 members (excludes halogenated alkanes) is 12. The molecule has 11 nitrogen and oxygen atoms in total. The molecule has 0 heterocycles. The van der Waals surface area contributed by atoms with Crippen LogP contribution in [-0.2, 0) is 32.7 Å². The maximum atomic E-state index is 12.7. The number of quaternary nitrogens is 1. The molecule has 4 atom stereocenters. The molecular formula is C48H82NO10P. The second-order valence-corrected chi connectivity index (χ2v) is 17.5. The minimum absolute atomic E-state index is 0.0698. The van der Waals surface area contributed by atoms with Crippen molar-refractivity contribution in [1.82, 2.24) is 0 Å². The minimum Gasteiger partial charge on any atom is -0.756 e. The van der Waals surface area contributed by atoms with Gasteiger partial charge in [0.25, 0.3) is 7.82 Å². The molecule has 0 aromatic rings. The minimum atomic E-state index is -4.68. The first-order chi connectivity index (χ1) is 28.8. The Bertz CT molecular complexity index is 1330. The van der Waals surface area contributed by atoms with E-state index in [0.29, 0.717) is 43.1 Å². The van der Waals surface area contributed by atoms with Gasteiger partial charge in [0.2, 0.25) is 0 Å². The highest BCUT2D eigenvalue weighted by Crippen LogP contribution is 2.38. The number of ether oxygens (including phenoxy) is 2. The van der Waals surface area contributed by atoms with Crippen molar-refractivity contribution in [3.63, 3.8) is 0 Å². The second kappa shape index (κ2) is 39.0. The lowest BCUT2D eigenvalue weighted by Crippen LogP contribution is -2.37. The molecule has 0 bridgehead atoms. The number of hydrogen-bond donors (Lipinski definition) is 2. The fourth-order valence-corrected chi connectivity index (χ4v) is 6.23. The highest BCUT2D eigenvalue weighted by Gasteiger charge is 2.21. The highest BCUT2D eigenvalue weighted by molar-refractivity contribution is 7.45. The van der Waals surface area contributed by atoms with Crippen LogP contribution in [0.15, 0.2) is 85.1 Å². The van der Waals surface area contributed by atoms with Crippen LogP contribution in [-0.4, -0.2) is 92.5 Å². The summed E-state index contributed by atoms with van der Waals surface area (Å²) in [5, 5.41) is 20.0. The van der Waals surface area contributed by atoms with Crippen LogP contribution >= 0.6 is 7.82 Å². The van der Waals surface area contributed by atoms with Gasteiger partial charge in [0.15, 0.2) is 6.10 Å². The Morgan fingerprint density at radius 1 is 0.650 bits per heavy atom. The van der Waals surface area contributed by atoms with Gasteiger partial charge >= 0.3 is 11.9 Å². The number of phosphoric acid groups is 1. The predicted molar refractivity (Wildman–Crippen MR) is 243 cm³/mol. The fraction of sp³-hybridized carbons (Fsp3) is 0.667. The van der Waals surface area contributed by atoms with E-state index in [0.717, 1.165) is 44.9 Å². The van der Waals surface area contributed by atoms with Gasteiger partial charge in [0.05, 0.1) is 40.0 Å². The molecule has 0 spiro atoms. The Balaban J connectivity index is 4.62. The molecule has 0 radical (unpaired) electrons. The Morgan fingerprint density at radius 3 is 1.90 bits per heavy atom. The van der Waals surface area contributed by atoms with Crippen molar-refractivity contribution >= 4 is 19.8 Å². The molecule has 0 aromatic heterocycles. The lowest BCUT2D eigenvalue weighted by atomic mass is 10.1. The molecule has 0 saturated carbocycles. The summed E-state index contributed by atoms with van der Waals surface area (Å²) in [7, 11) is 1.03. The number of carbonyl (C=O) groups is 2. The lowest BCUT2D eigenvalue weighted by Gasteiger charge is -2.28. The van der Waals surface area contributed by atoms with Crippen LogP contribution in [0.3, 0.4) is 0 Å². The Labute approximate surface area is 364 Å². The fourth-order valence-electron chi connectivity index (χ4n) is 5.51. The largest absolute Gasteiger partial charge is 0.756 e. The second-order valence-electron chi connectivity index (χ2n) is 16.1. The Kier molecular flexibility index (Phi) is 37.1. The van der Waals surface area contributed by atoms with Gasteiger partial charge in [-0.25, -0.2) is 0 Å². The summed E-state index contributed by atoms with van der Waals surface area (Å²) in [4.78, 5) is 37.6. The number of aliphatic hydroxyl groups is 2. The molecule has 0 aliphatic rings. The molecule has 0 saturated heterocycles. The molecule has 1 unspecified atom stereocenters. The summed E-state index contributed by atoms with van der Waals surface area (Å²) < 4.78 is 33.7. The molecule has 0 rings (SSSR count). The molecular weight excluding hydrogens is 781 g/mol. The normalized spacial score (nSPS) is 15.4. The maximum absolute atomic E-state index is 12.7. The van der Waals surface area contributed by atoms with E-state index in [1.165, 1.54) is 38.5 Å². The number of nitrogens with zero attached hydrogens (tertiary/aromatic N) is 1. The summed E-state index contributed by atoms with van der Waals surface area (Å²) >= 11 is 0. The van der Waals surface area contributed by atoms with E-state index in [1.54, 1.807) is 30.4 Å². The van der Waals surface area contributed by atoms with Gasteiger partial charge < -0.3 is 38.1 Å². The number of rotatable bonds is 39. The lowest BCUT2D eigenvalue weighted by molar-refractivity contribution is -0.870. The Hall–Kier alpha value is -2.89. The SMILES string of the molecule is CC/C=C\C[C@@H](O)/C=C/C=C\C/C=C\C=C\[C@@H](O)/C=C\CCCC(=O)OC[C@H](COP(=O)([O-])OCC[N+](C)(C)C)OC(=O)CCCCCCC/C=C\CCCCCCCC. The quantitative estimate of drug-likeness (QED) is 0.0153. The molecule has 0 aromatic carbocycles. The Morgan fingerprint density at radius 2 is 1.25 bits per heavy atom. The van der Waals surface area contributed by atoms with E-state index in [-0.39, 0.29) is 26.1 Å². The molecule has 60 heavy (non-hydrogen) atoms. The van der Waals surface area contributed by atoms with Crippen LogP contribution in [0.5, 0.6) is 0 Å². The smallest absolute Gasteiger partial charge is 0.306 e. The number of allylic oxidation sites excluding steroid dienone is 10. The third kappa shape index (κ3) is 41.8. The van der Waals surface area contributed by atoms with Crippen LogP contribution < -0.4 is 4.89 Å². The number of likely N-dealkylation sites (N-methyl/N-ethyl adjacent to an activating group) is 1. The van der Waals surface area contributed by atoms with E-state index in [4.69, 9.17) is 18.5 Å². The van der Waals surface area contributed by atoms with Gasteiger partial charge in [-0.3, -0.25) is 14.2 Å². The summed E-state index contributed by atoms with van der Waals surface area (Å²) in [6.07, 6.45) is 42.6. The molecule has 0 amide bonds. The number of esters is 2. The van der Waals surface area contributed by atoms with Crippen molar-refractivity contribution in [2.75, 3.05) is 47.5 Å². The van der Waals surface area contributed by atoms with E-state index in [2.05, 4.69) is 26.0 Å². The molecule has 12 heteroatoms. The van der Waals surface area contributed by atoms with Crippen molar-refractivity contribution in [2.45, 2.75) is 161 Å². The summed E-state index contributed by atoms with van der Waals surface area (Å²) in [6, 6.07) is 0. The third-order valence-corrected chi connectivity index (χ3v) is 10.0. The zero-order valence-electron chi connectivity index (χ0n) is 37.8. The molecule has 0 fully saturated rings. The molecule has 0 aliphatic carbocycles. The van der Waals surface area contributed by atoms with Gasteiger partial charge in [0, 0.05) is 12.8 Å². The van der Waals surface area contributed by atoms with Gasteiger partial charge in [0.1, 0.15) is 19.8 Å². The van der Waals surface area contributed by atoms with Crippen LogP contribution in [0, 0.1) is 0 Å².